The van der Waals surface area contributed by atoms with Crippen LogP contribution in [0.1, 0.15) is 24.5 Å². The molecule has 0 spiro atoms. The molecule has 0 aliphatic heterocycles. The molecule has 0 amide bonds. The van der Waals surface area contributed by atoms with Crippen LogP contribution in [0.4, 0.5) is 0 Å². The Balaban J connectivity index is 1.94. The quantitative estimate of drug-likeness (QED) is 0.828. The second-order valence-electron chi connectivity index (χ2n) is 5.38. The number of phenols is 1. The van der Waals surface area contributed by atoms with E-state index >= 15 is 0 Å². The Hall–Kier alpha value is -1.85. The van der Waals surface area contributed by atoms with E-state index < -0.39 is 16.2 Å². The van der Waals surface area contributed by atoms with Crippen LogP contribution < -0.4 is 0 Å². The van der Waals surface area contributed by atoms with Crippen LogP contribution >= 0.6 is 0 Å². The molecule has 0 saturated carbocycles. The van der Waals surface area contributed by atoms with Gasteiger partial charge in [0.25, 0.3) is 10.1 Å². The van der Waals surface area contributed by atoms with Crippen LogP contribution in [-0.2, 0) is 20.7 Å². The van der Waals surface area contributed by atoms with E-state index in [1.54, 1.807) is 43.3 Å². The molecular weight excluding hydrogens is 300 g/mol. The molecule has 2 aromatic rings. The van der Waals surface area contributed by atoms with E-state index in [1.807, 2.05) is 19.1 Å². The summed E-state index contributed by atoms with van der Waals surface area (Å²) in [6, 6.07) is 13.5. The molecule has 0 saturated heterocycles. The minimum Gasteiger partial charge on any atom is -0.508 e. The Morgan fingerprint density at radius 3 is 2.23 bits per heavy atom. The Morgan fingerprint density at radius 2 is 1.64 bits per heavy atom. The smallest absolute Gasteiger partial charge is 0.297 e. The SMILES string of the molecule is Cc1ccc(S(=O)(=O)OC(C)CCc2ccc(O)cc2)cc1. The predicted octanol–water partition coefficient (Wildman–Crippen LogP) is 3.43. The molecule has 1 N–H and O–H groups in total. The molecule has 4 nitrogen and oxygen atoms in total. The van der Waals surface area contributed by atoms with Crippen LogP contribution in [-0.4, -0.2) is 19.6 Å². The van der Waals surface area contributed by atoms with Crippen molar-refractivity contribution in [2.75, 3.05) is 0 Å². The minimum absolute atomic E-state index is 0.176. The Labute approximate surface area is 131 Å². The van der Waals surface area contributed by atoms with Crippen molar-refractivity contribution in [1.29, 1.82) is 0 Å². The van der Waals surface area contributed by atoms with Gasteiger partial charge in [-0.2, -0.15) is 8.42 Å². The van der Waals surface area contributed by atoms with Crippen molar-refractivity contribution in [3.63, 3.8) is 0 Å². The zero-order valence-electron chi connectivity index (χ0n) is 12.7. The summed E-state index contributed by atoms with van der Waals surface area (Å²) in [6.07, 6.45) is 0.848. The monoisotopic (exact) mass is 320 g/mol. The molecule has 118 valence electrons. The summed E-state index contributed by atoms with van der Waals surface area (Å²) in [7, 11) is -3.73. The fourth-order valence-corrected chi connectivity index (χ4v) is 3.17. The topological polar surface area (TPSA) is 63.6 Å². The molecule has 0 fully saturated rings. The third-order valence-electron chi connectivity index (χ3n) is 3.38. The van der Waals surface area contributed by atoms with Gasteiger partial charge in [-0.1, -0.05) is 29.8 Å². The maximum absolute atomic E-state index is 12.2. The normalized spacial score (nSPS) is 13.0. The molecule has 5 heteroatoms. The Morgan fingerprint density at radius 1 is 1.05 bits per heavy atom. The van der Waals surface area contributed by atoms with Crippen LogP contribution in [0.3, 0.4) is 0 Å². The number of hydrogen-bond acceptors (Lipinski definition) is 4. The second kappa shape index (κ2) is 6.94. The fourth-order valence-electron chi connectivity index (χ4n) is 2.06. The van der Waals surface area contributed by atoms with Gasteiger partial charge < -0.3 is 5.11 Å². The number of benzene rings is 2. The van der Waals surface area contributed by atoms with Crippen LogP contribution in [0.25, 0.3) is 0 Å². The van der Waals surface area contributed by atoms with Crippen molar-refractivity contribution in [2.24, 2.45) is 0 Å². The van der Waals surface area contributed by atoms with E-state index in [0.29, 0.717) is 12.8 Å². The van der Waals surface area contributed by atoms with E-state index in [9.17, 15) is 13.5 Å². The van der Waals surface area contributed by atoms with Gasteiger partial charge in [0.05, 0.1) is 11.0 Å². The summed E-state index contributed by atoms with van der Waals surface area (Å²) in [6.45, 7) is 3.64. The molecule has 0 heterocycles. The summed E-state index contributed by atoms with van der Waals surface area (Å²) in [4.78, 5) is 0.176. The highest BCUT2D eigenvalue weighted by atomic mass is 32.2. The summed E-state index contributed by atoms with van der Waals surface area (Å²) in [5.74, 6) is 0.218. The number of phenolic OH excluding ortho intramolecular Hbond substituents is 1. The predicted molar refractivity (Wildman–Crippen MR) is 85.3 cm³/mol. The number of aromatic hydroxyl groups is 1. The van der Waals surface area contributed by atoms with Crippen molar-refractivity contribution in [3.8, 4) is 5.75 Å². The Kier molecular flexibility index (Phi) is 5.21. The molecule has 0 aliphatic carbocycles. The third kappa shape index (κ3) is 4.58. The van der Waals surface area contributed by atoms with Gasteiger partial charge in [0.1, 0.15) is 5.75 Å². The summed E-state index contributed by atoms with van der Waals surface area (Å²) in [5.41, 5.74) is 2.03. The van der Waals surface area contributed by atoms with Gasteiger partial charge in [-0.3, -0.25) is 4.18 Å². The zero-order chi connectivity index (χ0) is 16.2. The molecule has 1 atom stereocenters. The largest absolute Gasteiger partial charge is 0.508 e. The number of hydrogen-bond donors (Lipinski definition) is 1. The first-order chi connectivity index (χ1) is 10.4. The summed E-state index contributed by atoms with van der Waals surface area (Å²) in [5, 5.41) is 9.23. The lowest BCUT2D eigenvalue weighted by atomic mass is 10.1. The van der Waals surface area contributed by atoms with Crippen LogP contribution in [0.15, 0.2) is 53.4 Å². The third-order valence-corrected chi connectivity index (χ3v) is 4.81. The minimum atomic E-state index is -3.73. The van der Waals surface area contributed by atoms with Crippen LogP contribution in [0, 0.1) is 6.92 Å². The highest BCUT2D eigenvalue weighted by Crippen LogP contribution is 2.18. The van der Waals surface area contributed by atoms with Gasteiger partial charge in [-0.05, 0) is 56.5 Å². The standard InChI is InChI=1S/C17H20O4S/c1-13-3-11-17(12-4-13)22(19,20)21-14(2)5-6-15-7-9-16(18)10-8-15/h3-4,7-12,14,18H,5-6H2,1-2H3. The number of rotatable bonds is 6. The van der Waals surface area contributed by atoms with Crippen molar-refractivity contribution in [1.82, 2.24) is 0 Å². The van der Waals surface area contributed by atoms with E-state index in [1.165, 1.54) is 0 Å². The van der Waals surface area contributed by atoms with Gasteiger partial charge >= 0.3 is 0 Å². The highest BCUT2D eigenvalue weighted by Gasteiger charge is 2.18. The van der Waals surface area contributed by atoms with Gasteiger partial charge in [-0.15, -0.1) is 0 Å². The van der Waals surface area contributed by atoms with E-state index in [0.717, 1.165) is 11.1 Å². The van der Waals surface area contributed by atoms with Gasteiger partial charge in [-0.25, -0.2) is 0 Å². The van der Waals surface area contributed by atoms with Crippen molar-refractivity contribution in [3.05, 3.63) is 59.7 Å². The summed E-state index contributed by atoms with van der Waals surface area (Å²) >= 11 is 0. The fraction of sp³-hybridized carbons (Fsp3) is 0.294. The highest BCUT2D eigenvalue weighted by molar-refractivity contribution is 7.86. The lowest BCUT2D eigenvalue weighted by Crippen LogP contribution is -2.16. The molecule has 2 aromatic carbocycles. The zero-order valence-corrected chi connectivity index (χ0v) is 13.5. The van der Waals surface area contributed by atoms with E-state index in [2.05, 4.69) is 0 Å². The van der Waals surface area contributed by atoms with Crippen LogP contribution in [0.5, 0.6) is 5.75 Å². The molecule has 0 aromatic heterocycles. The average Bonchev–Trinajstić information content (AvgIpc) is 2.46. The first kappa shape index (κ1) is 16.5. The molecular formula is C17H20O4S. The van der Waals surface area contributed by atoms with Crippen molar-refractivity contribution < 1.29 is 17.7 Å². The Bertz CT molecular complexity index is 703. The molecule has 1 unspecified atom stereocenters. The molecule has 0 bridgehead atoms. The van der Waals surface area contributed by atoms with E-state index in [-0.39, 0.29) is 10.6 Å². The van der Waals surface area contributed by atoms with Gasteiger partial charge in [0, 0.05) is 0 Å². The first-order valence-corrected chi connectivity index (χ1v) is 8.55. The van der Waals surface area contributed by atoms with Gasteiger partial charge in [0.2, 0.25) is 0 Å². The van der Waals surface area contributed by atoms with Crippen LogP contribution in [0.2, 0.25) is 0 Å². The second-order valence-corrected chi connectivity index (χ2v) is 6.95. The molecule has 0 radical (unpaired) electrons. The van der Waals surface area contributed by atoms with E-state index in [4.69, 9.17) is 4.18 Å². The number of aryl methyl sites for hydroxylation is 2. The molecule has 22 heavy (non-hydrogen) atoms. The lowest BCUT2D eigenvalue weighted by molar-refractivity contribution is 0.218. The van der Waals surface area contributed by atoms with Crippen molar-refractivity contribution >= 4 is 10.1 Å². The molecule has 0 aliphatic rings. The maximum Gasteiger partial charge on any atom is 0.297 e. The molecule has 2 rings (SSSR count). The summed E-state index contributed by atoms with van der Waals surface area (Å²) < 4.78 is 29.5. The average molecular weight is 320 g/mol. The maximum atomic E-state index is 12.2. The van der Waals surface area contributed by atoms with Crippen molar-refractivity contribution in [2.45, 2.75) is 37.7 Å². The lowest BCUT2D eigenvalue weighted by Gasteiger charge is -2.13. The van der Waals surface area contributed by atoms with Gasteiger partial charge in [0.15, 0.2) is 0 Å². The first-order valence-electron chi connectivity index (χ1n) is 7.15.